The van der Waals surface area contributed by atoms with E-state index in [1.54, 1.807) is 24.3 Å². The maximum Gasteiger partial charge on any atom is 0.166 e. The van der Waals surface area contributed by atoms with Crippen molar-refractivity contribution >= 4 is 11.7 Å². The molecule has 0 atom stereocenters. The molecule has 2 heteroatoms. The molecule has 0 saturated heterocycles. The smallest absolute Gasteiger partial charge is 0.166 e. The van der Waals surface area contributed by atoms with E-state index in [9.17, 15) is 8.78 Å². The van der Waals surface area contributed by atoms with Gasteiger partial charge in [0.05, 0.1) is 0 Å². The van der Waals surface area contributed by atoms with Gasteiger partial charge in [0.25, 0.3) is 0 Å². The maximum absolute atomic E-state index is 14.6. The average molecular weight is 362 g/mol. The van der Waals surface area contributed by atoms with Crippen molar-refractivity contribution in [3.8, 4) is 11.1 Å². The van der Waals surface area contributed by atoms with Crippen LogP contribution in [0, 0.1) is 0 Å². The summed E-state index contributed by atoms with van der Waals surface area (Å²) in [7, 11) is 0. The molecule has 138 valence electrons. The Morgan fingerprint density at radius 3 is 1.44 bits per heavy atom. The Kier molecular flexibility index (Phi) is 6.18. The third-order valence-electron chi connectivity index (χ3n) is 4.77. The molecule has 0 amide bonds. The van der Waals surface area contributed by atoms with E-state index in [4.69, 9.17) is 0 Å². The highest BCUT2D eigenvalue weighted by Gasteiger charge is 2.12. The molecule has 0 aromatic heterocycles. The summed E-state index contributed by atoms with van der Waals surface area (Å²) in [5.41, 5.74) is 4.98. The molecule has 0 radical (unpaired) electrons. The maximum atomic E-state index is 14.6. The van der Waals surface area contributed by atoms with Gasteiger partial charge in [-0.1, -0.05) is 93.1 Å². The van der Waals surface area contributed by atoms with E-state index in [0.717, 1.165) is 36.0 Å². The Bertz CT molecular complexity index is 902. The Hall–Kier alpha value is -2.74. The van der Waals surface area contributed by atoms with Gasteiger partial charge in [-0.2, -0.15) is 0 Å². The second-order valence-electron chi connectivity index (χ2n) is 6.70. The van der Waals surface area contributed by atoms with Crippen LogP contribution >= 0.6 is 0 Å². The lowest BCUT2D eigenvalue weighted by atomic mass is 10.0. The summed E-state index contributed by atoms with van der Waals surface area (Å²) in [4.78, 5) is 0. The summed E-state index contributed by atoms with van der Waals surface area (Å²) in [5.74, 6) is -1.65. The number of halogens is 2. The first-order valence-electron chi connectivity index (χ1n) is 9.46. The van der Waals surface area contributed by atoms with Crippen molar-refractivity contribution in [2.75, 3.05) is 0 Å². The van der Waals surface area contributed by atoms with Gasteiger partial charge in [-0.15, -0.1) is 0 Å². The first kappa shape index (κ1) is 19.0. The van der Waals surface area contributed by atoms with E-state index in [2.05, 4.69) is 38.1 Å². The third-order valence-corrected chi connectivity index (χ3v) is 4.77. The monoisotopic (exact) mass is 362 g/mol. The topological polar surface area (TPSA) is 0 Å². The molecule has 0 spiro atoms. The van der Waals surface area contributed by atoms with Gasteiger partial charge < -0.3 is 0 Å². The lowest BCUT2D eigenvalue weighted by Gasteiger charge is -2.06. The number of benzene rings is 3. The van der Waals surface area contributed by atoms with E-state index in [1.165, 1.54) is 5.56 Å². The van der Waals surface area contributed by atoms with E-state index in [1.807, 2.05) is 24.3 Å². The van der Waals surface area contributed by atoms with Crippen LogP contribution < -0.4 is 0 Å². The van der Waals surface area contributed by atoms with Crippen LogP contribution in [0.25, 0.3) is 22.8 Å². The van der Waals surface area contributed by atoms with Gasteiger partial charge in [-0.3, -0.25) is 0 Å². The molecule has 0 nitrogen and oxygen atoms in total. The van der Waals surface area contributed by atoms with Crippen molar-refractivity contribution in [3.05, 3.63) is 95.1 Å². The van der Waals surface area contributed by atoms with E-state index in [0.29, 0.717) is 0 Å². The molecule has 0 fully saturated rings. The third kappa shape index (κ3) is 4.51. The normalized spacial score (nSPS) is 12.0. The van der Waals surface area contributed by atoms with Gasteiger partial charge in [0, 0.05) is 11.1 Å². The van der Waals surface area contributed by atoms with Crippen LogP contribution in [0.2, 0.25) is 0 Å². The van der Waals surface area contributed by atoms with Crippen LogP contribution in [-0.2, 0) is 12.8 Å². The summed E-state index contributed by atoms with van der Waals surface area (Å²) < 4.78 is 29.1. The summed E-state index contributed by atoms with van der Waals surface area (Å²) in [6.45, 7) is 4.21. The highest BCUT2D eigenvalue weighted by Crippen LogP contribution is 2.30. The van der Waals surface area contributed by atoms with Gasteiger partial charge in [-0.25, -0.2) is 8.78 Å². The van der Waals surface area contributed by atoms with Crippen molar-refractivity contribution in [3.63, 3.8) is 0 Å². The van der Waals surface area contributed by atoms with Crippen LogP contribution in [-0.4, -0.2) is 0 Å². The van der Waals surface area contributed by atoms with Gasteiger partial charge in [0.15, 0.2) is 11.7 Å². The Labute approximate surface area is 160 Å². The minimum absolute atomic E-state index is 0.249. The fourth-order valence-corrected chi connectivity index (χ4v) is 3.10. The summed E-state index contributed by atoms with van der Waals surface area (Å²) in [6.07, 6.45) is 2.96. The molecule has 0 aliphatic rings. The zero-order valence-corrected chi connectivity index (χ0v) is 15.8. The molecule has 0 aliphatic carbocycles. The molecular formula is C25H24F2. The fraction of sp³-hybridized carbons (Fsp3) is 0.200. The van der Waals surface area contributed by atoms with Crippen LogP contribution in [0.5, 0.6) is 0 Å². The Morgan fingerprint density at radius 1 is 0.593 bits per heavy atom. The second kappa shape index (κ2) is 8.77. The zero-order chi connectivity index (χ0) is 19.2. The number of aryl methyl sites for hydroxylation is 2. The Balaban J connectivity index is 1.83. The quantitative estimate of drug-likeness (QED) is 0.395. The second-order valence-corrected chi connectivity index (χ2v) is 6.70. The molecule has 3 aromatic rings. The predicted molar refractivity (Wildman–Crippen MR) is 111 cm³/mol. The zero-order valence-electron chi connectivity index (χ0n) is 15.8. The minimum Gasteiger partial charge on any atom is -0.203 e. The van der Waals surface area contributed by atoms with E-state index >= 15 is 0 Å². The SMILES string of the molecule is CCCc1ccc(/C(F)=C(\F)c2ccc(-c3ccc(CC)cc3)cc2)cc1. The first-order valence-corrected chi connectivity index (χ1v) is 9.46. The van der Waals surface area contributed by atoms with Gasteiger partial charge >= 0.3 is 0 Å². The fourth-order valence-electron chi connectivity index (χ4n) is 3.10. The van der Waals surface area contributed by atoms with Crippen molar-refractivity contribution in [1.82, 2.24) is 0 Å². The molecule has 0 N–H and O–H groups in total. The molecule has 0 aliphatic heterocycles. The van der Waals surface area contributed by atoms with Crippen molar-refractivity contribution in [1.29, 1.82) is 0 Å². The highest BCUT2D eigenvalue weighted by atomic mass is 19.2. The molecule has 0 unspecified atom stereocenters. The summed E-state index contributed by atoms with van der Waals surface area (Å²) in [6, 6.07) is 22.2. The lowest BCUT2D eigenvalue weighted by molar-refractivity contribution is 0.700. The van der Waals surface area contributed by atoms with Crippen molar-refractivity contribution in [2.45, 2.75) is 33.1 Å². The van der Waals surface area contributed by atoms with E-state index in [-0.39, 0.29) is 11.1 Å². The van der Waals surface area contributed by atoms with Gasteiger partial charge in [-0.05, 0) is 35.1 Å². The molecule has 0 saturated carbocycles. The minimum atomic E-state index is -0.828. The van der Waals surface area contributed by atoms with Crippen LogP contribution in [0.4, 0.5) is 8.78 Å². The van der Waals surface area contributed by atoms with Gasteiger partial charge in [0.1, 0.15) is 0 Å². The number of rotatable bonds is 6. The first-order chi connectivity index (χ1) is 13.1. The lowest BCUT2D eigenvalue weighted by Crippen LogP contribution is -1.88. The number of hydrogen-bond donors (Lipinski definition) is 0. The molecule has 3 aromatic carbocycles. The molecule has 27 heavy (non-hydrogen) atoms. The number of hydrogen-bond acceptors (Lipinski definition) is 0. The van der Waals surface area contributed by atoms with Crippen LogP contribution in [0.3, 0.4) is 0 Å². The Morgan fingerprint density at radius 2 is 1.00 bits per heavy atom. The molecule has 0 bridgehead atoms. The van der Waals surface area contributed by atoms with Crippen LogP contribution in [0.1, 0.15) is 42.5 Å². The van der Waals surface area contributed by atoms with Crippen molar-refractivity contribution < 1.29 is 8.78 Å². The summed E-state index contributed by atoms with van der Waals surface area (Å²) >= 11 is 0. The van der Waals surface area contributed by atoms with Crippen molar-refractivity contribution in [2.24, 2.45) is 0 Å². The molecule has 0 heterocycles. The van der Waals surface area contributed by atoms with Crippen LogP contribution in [0.15, 0.2) is 72.8 Å². The standard InChI is InChI=1S/C25H24F2/c1-3-5-19-8-12-22(13-9-19)24(26)25(27)23-16-14-21(15-17-23)20-10-6-18(4-2)7-11-20/h6-17H,3-5H2,1-2H3/b25-24+. The molecular weight excluding hydrogens is 338 g/mol. The predicted octanol–water partition coefficient (Wildman–Crippen LogP) is 7.63. The average Bonchev–Trinajstić information content (AvgIpc) is 2.74. The summed E-state index contributed by atoms with van der Waals surface area (Å²) in [5, 5.41) is 0. The molecule has 3 rings (SSSR count). The van der Waals surface area contributed by atoms with Gasteiger partial charge in [0.2, 0.25) is 0 Å². The highest BCUT2D eigenvalue weighted by molar-refractivity contribution is 5.83. The largest absolute Gasteiger partial charge is 0.203 e. The van der Waals surface area contributed by atoms with E-state index < -0.39 is 11.7 Å².